The lowest BCUT2D eigenvalue weighted by Gasteiger charge is -2.44. The fourth-order valence-electron chi connectivity index (χ4n) is 9.47. The first-order chi connectivity index (χ1) is 34.4. The maximum Gasteiger partial charge on any atom is 0.501 e. The lowest BCUT2D eigenvalue weighted by molar-refractivity contribution is -0.0436. The average molecular weight is 1090 g/mol. The molecule has 3 N–H and O–H groups in total. The van der Waals surface area contributed by atoms with Crippen molar-refractivity contribution in [2.24, 2.45) is 5.41 Å². The van der Waals surface area contributed by atoms with Crippen LogP contribution in [-0.4, -0.2) is 144 Å². The summed E-state index contributed by atoms with van der Waals surface area (Å²) in [7, 11) is -11.0. The normalized spacial score (nSPS) is 19.1. The van der Waals surface area contributed by atoms with Gasteiger partial charge in [-0.25, -0.2) is 26.4 Å². The predicted octanol–water partition coefficient (Wildman–Crippen LogP) is 9.03. The molecule has 0 aromatic heterocycles. The third-order valence-corrected chi connectivity index (χ3v) is 17.5. The number of nitrogens with zero attached hydrogens (tertiary/aromatic N) is 4. The highest BCUT2D eigenvalue weighted by Crippen LogP contribution is 2.44. The van der Waals surface area contributed by atoms with E-state index in [1.54, 1.807) is 29.2 Å². The molecule has 2 aliphatic heterocycles. The van der Waals surface area contributed by atoms with Gasteiger partial charge in [0, 0.05) is 105 Å². The molecule has 2 atom stereocenters. The molecule has 73 heavy (non-hydrogen) atoms. The number of carbonyl (C=O) groups excluding carboxylic acids is 2. The van der Waals surface area contributed by atoms with Crippen LogP contribution in [0.5, 0.6) is 0 Å². The number of anilines is 2. The van der Waals surface area contributed by atoms with Crippen molar-refractivity contribution < 1.29 is 49.4 Å². The van der Waals surface area contributed by atoms with E-state index in [0.29, 0.717) is 37.3 Å². The Balaban J connectivity index is 0.979. The van der Waals surface area contributed by atoms with Crippen LogP contribution in [0.25, 0.3) is 5.57 Å². The summed E-state index contributed by atoms with van der Waals surface area (Å²) in [5, 5.41) is 13.1. The molecule has 2 saturated heterocycles. The number of carbonyl (C=O) groups is 2. The molecule has 21 heteroatoms. The van der Waals surface area contributed by atoms with E-state index < -0.39 is 58.4 Å². The molecule has 0 bridgehead atoms. The highest BCUT2D eigenvalue weighted by atomic mass is 35.5. The number of aliphatic hydroxyl groups is 1. The van der Waals surface area contributed by atoms with Crippen molar-refractivity contribution in [3.8, 4) is 0 Å². The molecule has 3 aliphatic rings. The highest BCUT2D eigenvalue weighted by Gasteiger charge is 2.48. The molecule has 2 fully saturated rings. The highest BCUT2D eigenvalue weighted by molar-refractivity contribution is 7.99. The van der Waals surface area contributed by atoms with Gasteiger partial charge in [-0.2, -0.15) is 13.2 Å². The number of aliphatic hydroxyl groups excluding tert-OH is 1. The van der Waals surface area contributed by atoms with E-state index in [2.05, 4.69) is 39.1 Å². The number of allylic oxidation sites excluding steroid dienone is 1. The van der Waals surface area contributed by atoms with Gasteiger partial charge >= 0.3 is 11.6 Å². The van der Waals surface area contributed by atoms with Gasteiger partial charge in [-0.3, -0.25) is 14.6 Å². The van der Waals surface area contributed by atoms with E-state index in [-0.39, 0.29) is 35.9 Å². The molecule has 4 aromatic carbocycles. The minimum Gasteiger partial charge on any atom is -0.444 e. The number of ether oxygens (including phenoxy) is 1. The molecule has 14 nitrogen and oxygen atoms in total. The Bertz CT molecular complexity index is 2820. The van der Waals surface area contributed by atoms with Gasteiger partial charge in [0.05, 0.1) is 10.6 Å². The van der Waals surface area contributed by atoms with Crippen LogP contribution >= 0.6 is 23.4 Å². The summed E-state index contributed by atoms with van der Waals surface area (Å²) in [5.41, 5.74) is -2.12. The number of piperazine rings is 2. The molecule has 2 heterocycles. The van der Waals surface area contributed by atoms with Crippen molar-refractivity contribution in [3.05, 3.63) is 119 Å². The van der Waals surface area contributed by atoms with E-state index in [1.807, 2.05) is 55.8 Å². The number of hydrogen-bond donors (Lipinski definition) is 3. The molecule has 1 unspecified atom stereocenters. The molecular weight excluding hydrogens is 1030 g/mol. The second-order valence-electron chi connectivity index (χ2n) is 20.1. The smallest absolute Gasteiger partial charge is 0.444 e. The molecule has 1 aliphatic carbocycles. The number of amides is 2. The second kappa shape index (κ2) is 23.4. The quantitative estimate of drug-likeness (QED) is 0.0858. The minimum atomic E-state index is -6.09. The van der Waals surface area contributed by atoms with Crippen molar-refractivity contribution in [2.45, 2.75) is 85.2 Å². The van der Waals surface area contributed by atoms with Crippen molar-refractivity contribution in [2.75, 3.05) is 88.0 Å². The number of halogens is 4. The fourth-order valence-corrected chi connectivity index (χ4v) is 12.6. The number of hydrogen-bond acceptors (Lipinski definition) is 13. The van der Waals surface area contributed by atoms with Gasteiger partial charge in [-0.1, -0.05) is 54.4 Å². The molecule has 7 rings (SSSR count). The summed E-state index contributed by atoms with van der Waals surface area (Å²) in [4.78, 5) is 33.6. The van der Waals surface area contributed by atoms with Crippen molar-refractivity contribution in [3.63, 3.8) is 0 Å². The molecule has 396 valence electrons. The lowest BCUT2D eigenvalue weighted by atomic mass is 9.71. The first-order valence-corrected chi connectivity index (χ1v) is 28.6. The summed E-state index contributed by atoms with van der Waals surface area (Å²) in [6, 6.07) is 24.9. The summed E-state index contributed by atoms with van der Waals surface area (Å²) in [6.45, 7) is 15.0. The summed E-state index contributed by atoms with van der Waals surface area (Å²) >= 11 is 7.63. The van der Waals surface area contributed by atoms with E-state index in [9.17, 15) is 44.7 Å². The third-order valence-electron chi connectivity index (χ3n) is 13.3. The molecule has 4 aromatic rings. The largest absolute Gasteiger partial charge is 0.501 e. The minimum absolute atomic E-state index is 0.0283. The van der Waals surface area contributed by atoms with E-state index >= 15 is 0 Å². The van der Waals surface area contributed by atoms with Crippen LogP contribution in [0.4, 0.5) is 29.3 Å². The van der Waals surface area contributed by atoms with Crippen molar-refractivity contribution in [1.82, 2.24) is 19.4 Å². The molecule has 2 amide bonds. The van der Waals surface area contributed by atoms with Gasteiger partial charge in [0.1, 0.15) is 10.5 Å². The van der Waals surface area contributed by atoms with Crippen LogP contribution in [0.2, 0.25) is 5.02 Å². The van der Waals surface area contributed by atoms with E-state index in [4.69, 9.17) is 16.3 Å². The Kier molecular flexibility index (Phi) is 17.9. The van der Waals surface area contributed by atoms with Crippen LogP contribution in [0.15, 0.2) is 117 Å². The number of nitrogens with one attached hydrogen (secondary N) is 2. The van der Waals surface area contributed by atoms with Crippen molar-refractivity contribution >= 4 is 72.2 Å². The average Bonchev–Trinajstić information content (AvgIpc) is 3.33. The molecular formula is C52H64ClF3N6O8S3. The first-order valence-electron chi connectivity index (χ1n) is 24.2. The maximum atomic E-state index is 14.0. The zero-order valence-corrected chi connectivity index (χ0v) is 44.7. The lowest BCUT2D eigenvalue weighted by Crippen LogP contribution is -2.52. The van der Waals surface area contributed by atoms with Gasteiger partial charge in [-0.15, -0.1) is 11.8 Å². The van der Waals surface area contributed by atoms with Crippen LogP contribution < -0.4 is 14.9 Å². The van der Waals surface area contributed by atoms with Crippen LogP contribution in [0.3, 0.4) is 0 Å². The Morgan fingerprint density at radius 2 is 1.49 bits per heavy atom. The zero-order valence-electron chi connectivity index (χ0n) is 41.5. The van der Waals surface area contributed by atoms with E-state index in [0.717, 1.165) is 81.2 Å². The predicted molar refractivity (Wildman–Crippen MR) is 280 cm³/mol. The maximum absolute atomic E-state index is 14.0. The van der Waals surface area contributed by atoms with Gasteiger partial charge in [0.15, 0.2) is 0 Å². The molecule has 0 radical (unpaired) electrons. The van der Waals surface area contributed by atoms with Gasteiger partial charge in [0.2, 0.25) is 0 Å². The fraction of sp³-hybridized carbons (Fsp3) is 0.462. The number of sulfone groups is 1. The Hall–Kier alpha value is -4.83. The number of sulfonamides is 1. The zero-order chi connectivity index (χ0) is 52.8. The number of thioether (sulfide) groups is 1. The molecule has 0 spiro atoms. The number of benzene rings is 4. The summed E-state index contributed by atoms with van der Waals surface area (Å²) < 4.78 is 102. The topological polar surface area (TPSA) is 169 Å². The SMILES string of the molecule is CC(C)(C)OC(=O)N1CCN(C[C@]2(C)CCC(c3ccc(Cl)cc3)=C(CN3CCN(c4ccc(C(=O)NS(=O)(=O)c5ccc(NC(CCO)CSc6ccccc6)c(S(=O)(=O)C(F)(F)F)c5)cc4)CC3)C2)CC1. The summed E-state index contributed by atoms with van der Waals surface area (Å²) in [6.07, 6.45) is 2.65. The Labute approximate surface area is 436 Å². The Morgan fingerprint density at radius 3 is 2.11 bits per heavy atom. The van der Waals surface area contributed by atoms with Crippen LogP contribution in [-0.2, 0) is 24.6 Å². The van der Waals surface area contributed by atoms with Crippen LogP contribution in [0, 0.1) is 5.41 Å². The number of alkyl halides is 3. The summed E-state index contributed by atoms with van der Waals surface area (Å²) in [5.74, 6) is -0.833. The van der Waals surface area contributed by atoms with E-state index in [1.165, 1.54) is 40.6 Å². The van der Waals surface area contributed by atoms with Gasteiger partial charge in [-0.05, 0) is 130 Å². The standard InChI is InChI=1S/C52H64ClF3N6O8S3/c1-50(2,3)70-49(65)62-29-25-60(26-30-62)36-51(4)22-20-45(37-10-14-40(53)15-11-37)39(33-51)34-59-23-27-61(28-24-59)42-16-12-38(13-17-42)48(64)58-73(68,69)44-18-19-46(47(32-44)72(66,67)52(54,55)56)57-41(21-31-63)35-71-43-8-6-5-7-9-43/h5-19,32,41,57,63H,20-31,33-36H2,1-4H3,(H,58,64)/t41?,51-/m1/s1. The Morgan fingerprint density at radius 1 is 0.849 bits per heavy atom. The van der Waals surface area contributed by atoms with Crippen molar-refractivity contribution in [1.29, 1.82) is 0 Å². The first kappa shape index (κ1) is 55.9. The number of rotatable bonds is 17. The van der Waals surface area contributed by atoms with Crippen LogP contribution in [0.1, 0.15) is 69.3 Å². The van der Waals surface area contributed by atoms with Gasteiger partial charge in [0.25, 0.3) is 25.8 Å². The molecule has 0 saturated carbocycles. The third kappa shape index (κ3) is 14.7. The monoisotopic (exact) mass is 1090 g/mol. The van der Waals surface area contributed by atoms with Gasteiger partial charge < -0.3 is 25.0 Å². The second-order valence-corrected chi connectivity index (χ2v) is 25.3.